The smallest absolute Gasteiger partial charge is 0.435 e. The average Bonchev–Trinajstić information content (AvgIpc) is 2.58. The largest absolute Gasteiger partial charge is 0.501 e. The molecule has 0 amide bonds. The van der Waals surface area contributed by atoms with Crippen molar-refractivity contribution in [3.63, 3.8) is 0 Å². The topological polar surface area (TPSA) is 66.8 Å². The fourth-order valence-electron chi connectivity index (χ4n) is 1.99. The standard InChI is InChI=1S/C11H10N2O3/c1-15-11(16-2)8-6-4-3-5-7(8)9(13-12)10(11)14/h3-6H,1-2H3/p+1. The van der Waals surface area contributed by atoms with Crippen molar-refractivity contribution in [1.29, 1.82) is 5.39 Å². The molecule has 1 aromatic rings. The van der Waals surface area contributed by atoms with Crippen molar-refractivity contribution >= 4 is 5.70 Å². The van der Waals surface area contributed by atoms with Gasteiger partial charge in [0.05, 0.1) is 5.56 Å². The van der Waals surface area contributed by atoms with Crippen LogP contribution in [0.4, 0.5) is 0 Å². The zero-order valence-corrected chi connectivity index (χ0v) is 8.97. The molecule has 0 spiro atoms. The first-order valence-corrected chi connectivity index (χ1v) is 4.70. The van der Waals surface area contributed by atoms with Crippen LogP contribution in [0.1, 0.15) is 11.1 Å². The van der Waals surface area contributed by atoms with Gasteiger partial charge in [-0.2, -0.15) is 0 Å². The number of methoxy groups -OCH3 is 2. The van der Waals surface area contributed by atoms with E-state index in [-0.39, 0.29) is 11.5 Å². The Labute approximate surface area is 92.5 Å². The number of hydrogen-bond acceptors (Lipinski definition) is 4. The van der Waals surface area contributed by atoms with Crippen LogP contribution in [-0.4, -0.2) is 19.3 Å². The number of diazo groups is 1. The Kier molecular flexibility index (Phi) is 2.38. The molecule has 5 nitrogen and oxygen atoms in total. The maximum Gasteiger partial charge on any atom is 0.435 e. The van der Waals surface area contributed by atoms with Crippen LogP contribution in [0.25, 0.3) is 10.7 Å². The summed E-state index contributed by atoms with van der Waals surface area (Å²) in [5.41, 5.74) is 1.27. The number of ether oxygens (including phenoxy) is 2. The van der Waals surface area contributed by atoms with E-state index in [9.17, 15) is 5.11 Å². The van der Waals surface area contributed by atoms with Gasteiger partial charge in [0.2, 0.25) is 5.39 Å². The number of benzene rings is 1. The van der Waals surface area contributed by atoms with Gasteiger partial charge in [-0.25, -0.2) is 0 Å². The van der Waals surface area contributed by atoms with E-state index in [1.807, 2.05) is 0 Å². The van der Waals surface area contributed by atoms with Gasteiger partial charge in [-0.3, -0.25) is 0 Å². The summed E-state index contributed by atoms with van der Waals surface area (Å²) in [6.07, 6.45) is 0. The molecular formula is C11H11N2O3+. The third kappa shape index (κ3) is 1.08. The van der Waals surface area contributed by atoms with Crippen LogP contribution in [0.2, 0.25) is 0 Å². The number of hydrogen-bond donors (Lipinski definition) is 1. The molecule has 0 aliphatic heterocycles. The molecule has 1 N–H and O–H groups in total. The molecule has 2 rings (SSSR count). The average molecular weight is 219 g/mol. The van der Waals surface area contributed by atoms with Gasteiger partial charge in [0.1, 0.15) is 0 Å². The quantitative estimate of drug-likeness (QED) is 0.611. The molecule has 0 heterocycles. The van der Waals surface area contributed by atoms with Crippen LogP contribution in [0, 0.1) is 5.39 Å². The first-order valence-electron chi connectivity index (χ1n) is 4.70. The third-order valence-electron chi connectivity index (χ3n) is 2.75. The highest BCUT2D eigenvalue weighted by Crippen LogP contribution is 2.46. The molecule has 0 unspecified atom stereocenters. The van der Waals surface area contributed by atoms with E-state index in [1.54, 1.807) is 24.3 Å². The SMILES string of the molecule is COC1(OC)C(O)=C([N+]#N)c2ccccc21. The summed E-state index contributed by atoms with van der Waals surface area (Å²) < 4.78 is 10.4. The van der Waals surface area contributed by atoms with Gasteiger partial charge in [0.15, 0.2) is 4.98 Å². The van der Waals surface area contributed by atoms with Crippen molar-refractivity contribution in [3.8, 4) is 0 Å². The van der Waals surface area contributed by atoms with Crippen molar-refractivity contribution in [2.24, 2.45) is 0 Å². The molecule has 0 atom stereocenters. The molecule has 5 heteroatoms. The van der Waals surface area contributed by atoms with Crippen LogP contribution in [0.3, 0.4) is 0 Å². The third-order valence-corrected chi connectivity index (χ3v) is 2.75. The minimum absolute atomic E-state index is 0.0688. The van der Waals surface area contributed by atoms with Crippen molar-refractivity contribution in [2.45, 2.75) is 5.79 Å². The van der Waals surface area contributed by atoms with E-state index >= 15 is 0 Å². The number of aliphatic hydroxyl groups is 1. The van der Waals surface area contributed by atoms with E-state index in [4.69, 9.17) is 14.9 Å². The van der Waals surface area contributed by atoms with Gasteiger partial charge >= 0.3 is 5.70 Å². The minimum Gasteiger partial charge on any atom is -0.501 e. The van der Waals surface area contributed by atoms with Crippen LogP contribution >= 0.6 is 0 Å². The summed E-state index contributed by atoms with van der Waals surface area (Å²) in [7, 11) is 2.83. The second kappa shape index (κ2) is 3.59. The Balaban J connectivity index is 2.76. The van der Waals surface area contributed by atoms with Crippen molar-refractivity contribution in [3.05, 3.63) is 46.1 Å². The van der Waals surface area contributed by atoms with Crippen molar-refractivity contribution in [1.82, 2.24) is 0 Å². The molecule has 0 bridgehead atoms. The Hall–Kier alpha value is -1.90. The highest BCUT2D eigenvalue weighted by Gasteiger charge is 2.53. The maximum atomic E-state index is 10.00. The summed E-state index contributed by atoms with van der Waals surface area (Å²) in [5.74, 6) is -1.63. The van der Waals surface area contributed by atoms with Gasteiger partial charge in [-0.1, -0.05) is 18.2 Å². The summed E-state index contributed by atoms with van der Waals surface area (Å²) in [5, 5.41) is 18.9. The molecule has 0 fully saturated rings. The highest BCUT2D eigenvalue weighted by molar-refractivity contribution is 5.80. The van der Waals surface area contributed by atoms with Gasteiger partial charge in [-0.05, 0) is 6.07 Å². The van der Waals surface area contributed by atoms with Crippen molar-refractivity contribution < 1.29 is 14.6 Å². The molecule has 0 aromatic heterocycles. The second-order valence-electron chi connectivity index (χ2n) is 3.37. The zero-order valence-electron chi connectivity index (χ0n) is 8.97. The van der Waals surface area contributed by atoms with E-state index in [0.717, 1.165) is 0 Å². The fraction of sp³-hybridized carbons (Fsp3) is 0.273. The van der Waals surface area contributed by atoms with E-state index in [0.29, 0.717) is 11.1 Å². The minimum atomic E-state index is -1.38. The number of rotatable bonds is 2. The summed E-state index contributed by atoms with van der Waals surface area (Å²) in [6.45, 7) is 0. The van der Waals surface area contributed by atoms with E-state index in [1.165, 1.54) is 14.2 Å². The lowest BCUT2D eigenvalue weighted by atomic mass is 10.1. The fourth-order valence-corrected chi connectivity index (χ4v) is 1.99. The lowest BCUT2D eigenvalue weighted by molar-refractivity contribution is -0.203. The lowest BCUT2D eigenvalue weighted by Gasteiger charge is -2.25. The van der Waals surface area contributed by atoms with Crippen LogP contribution < -0.4 is 0 Å². The van der Waals surface area contributed by atoms with Crippen molar-refractivity contribution in [2.75, 3.05) is 14.2 Å². The maximum absolute atomic E-state index is 10.00. The molecule has 1 aromatic carbocycles. The molecule has 16 heavy (non-hydrogen) atoms. The predicted octanol–water partition coefficient (Wildman–Crippen LogP) is 2.23. The van der Waals surface area contributed by atoms with E-state index in [2.05, 4.69) is 4.98 Å². The van der Waals surface area contributed by atoms with Gasteiger partial charge < -0.3 is 14.6 Å². The highest BCUT2D eigenvalue weighted by atomic mass is 16.7. The van der Waals surface area contributed by atoms with Crippen LogP contribution in [-0.2, 0) is 15.3 Å². The Morgan fingerprint density at radius 1 is 1.25 bits per heavy atom. The van der Waals surface area contributed by atoms with Gasteiger partial charge in [-0.15, -0.1) is 0 Å². The van der Waals surface area contributed by atoms with Gasteiger partial charge in [0.25, 0.3) is 11.5 Å². The van der Waals surface area contributed by atoms with Gasteiger partial charge in [0, 0.05) is 19.8 Å². The number of fused-ring (bicyclic) bond motifs is 1. The summed E-state index contributed by atoms with van der Waals surface area (Å²) >= 11 is 0. The lowest BCUT2D eigenvalue weighted by Crippen LogP contribution is -2.31. The molecule has 0 radical (unpaired) electrons. The Bertz CT molecular complexity index is 498. The summed E-state index contributed by atoms with van der Waals surface area (Å²) in [4.78, 5) is 3.07. The van der Waals surface area contributed by atoms with E-state index < -0.39 is 5.79 Å². The molecule has 0 saturated carbocycles. The first-order chi connectivity index (χ1) is 7.71. The normalized spacial score (nSPS) is 17.1. The second-order valence-corrected chi connectivity index (χ2v) is 3.37. The number of aliphatic hydroxyl groups excluding tert-OH is 1. The molecular weight excluding hydrogens is 208 g/mol. The molecule has 82 valence electrons. The molecule has 1 aliphatic rings. The monoisotopic (exact) mass is 219 g/mol. The van der Waals surface area contributed by atoms with Crippen LogP contribution in [0.5, 0.6) is 0 Å². The molecule has 0 saturated heterocycles. The van der Waals surface area contributed by atoms with Crippen LogP contribution in [0.15, 0.2) is 30.0 Å². The number of nitrogens with zero attached hydrogens (tertiary/aromatic N) is 2. The predicted molar refractivity (Wildman–Crippen MR) is 56.8 cm³/mol. The first kappa shape index (κ1) is 10.6. The Morgan fingerprint density at radius 3 is 2.44 bits per heavy atom. The Morgan fingerprint density at radius 2 is 1.88 bits per heavy atom. The molecule has 1 aliphatic carbocycles. The zero-order chi connectivity index (χ0) is 11.8. The summed E-state index contributed by atoms with van der Waals surface area (Å²) in [6, 6.07) is 7.04.